The number of hydrogen-bond acceptors (Lipinski definition) is 4. The zero-order valence-corrected chi connectivity index (χ0v) is 19.7. The number of nitrogens with one attached hydrogen (secondary N) is 1. The highest BCUT2D eigenvalue weighted by atomic mass is 19.1. The zero-order valence-electron chi connectivity index (χ0n) is 19.7. The molecule has 0 aliphatic carbocycles. The number of aliphatic imine (C=N–C) groups is 1. The Bertz CT molecular complexity index is 1000. The van der Waals surface area contributed by atoms with E-state index in [0.717, 1.165) is 17.5 Å². The predicted molar refractivity (Wildman–Crippen MR) is 128 cm³/mol. The van der Waals surface area contributed by atoms with Crippen molar-refractivity contribution in [1.82, 2.24) is 5.32 Å². The van der Waals surface area contributed by atoms with Crippen LogP contribution in [0.3, 0.4) is 0 Å². The van der Waals surface area contributed by atoms with E-state index in [0.29, 0.717) is 29.5 Å². The van der Waals surface area contributed by atoms with E-state index >= 15 is 0 Å². The summed E-state index contributed by atoms with van der Waals surface area (Å²) in [6.07, 6.45) is -0.156. The molecule has 2 aromatic carbocycles. The lowest BCUT2D eigenvalue weighted by molar-refractivity contribution is -0.130. The van der Waals surface area contributed by atoms with Gasteiger partial charge in [-0.25, -0.2) is 9.38 Å². The van der Waals surface area contributed by atoms with E-state index in [1.54, 1.807) is 38.2 Å². The summed E-state index contributed by atoms with van der Waals surface area (Å²) in [6, 6.07) is 14.4. The maximum absolute atomic E-state index is 13.2. The second-order valence-electron chi connectivity index (χ2n) is 8.79. The van der Waals surface area contributed by atoms with Crippen molar-refractivity contribution < 1.29 is 18.7 Å². The third-order valence-electron chi connectivity index (χ3n) is 5.66. The number of amides is 2. The molecule has 0 saturated heterocycles. The van der Waals surface area contributed by atoms with Gasteiger partial charge >= 0.3 is 0 Å². The van der Waals surface area contributed by atoms with Crippen LogP contribution < -0.4 is 10.2 Å². The molecule has 176 valence electrons. The van der Waals surface area contributed by atoms with E-state index in [2.05, 4.69) is 24.2 Å². The minimum atomic E-state index is -1.08. The highest BCUT2D eigenvalue weighted by Crippen LogP contribution is 2.27. The molecule has 1 aliphatic heterocycles. The molecule has 1 N–H and O–H groups in total. The van der Waals surface area contributed by atoms with Crippen molar-refractivity contribution in [3.05, 3.63) is 65.2 Å². The van der Waals surface area contributed by atoms with Crippen LogP contribution in [0.1, 0.15) is 43.9 Å². The molecule has 2 atom stereocenters. The van der Waals surface area contributed by atoms with Gasteiger partial charge in [0.1, 0.15) is 6.67 Å². The van der Waals surface area contributed by atoms with Crippen LogP contribution in [0.5, 0.6) is 0 Å². The standard InChI is InChI=1S/C26H32FN3O3/c1-17(2)13-14-33-16-18(3)25(31)29-24-26(32)30(4)22-8-6-5-7-21(22)23(28-24)20-11-9-19(15-27)10-12-20/h5-12,17-18,24H,13-16H2,1-4H3,(H,29,31)/t18-,24-/m1/s1. The van der Waals surface area contributed by atoms with Crippen LogP contribution in [0.4, 0.5) is 10.1 Å². The Balaban J connectivity index is 1.86. The molecular weight excluding hydrogens is 421 g/mol. The summed E-state index contributed by atoms with van der Waals surface area (Å²) in [5, 5.41) is 2.79. The van der Waals surface area contributed by atoms with Gasteiger partial charge in [-0.05, 0) is 24.0 Å². The Morgan fingerprint density at radius 2 is 1.85 bits per heavy atom. The summed E-state index contributed by atoms with van der Waals surface area (Å²) in [5.74, 6) is -0.530. The zero-order chi connectivity index (χ0) is 24.0. The number of halogens is 1. The fourth-order valence-electron chi connectivity index (χ4n) is 3.53. The maximum atomic E-state index is 13.2. The van der Waals surface area contributed by atoms with Gasteiger partial charge in [-0.15, -0.1) is 0 Å². The van der Waals surface area contributed by atoms with E-state index in [1.807, 2.05) is 24.3 Å². The first-order chi connectivity index (χ1) is 15.8. The van der Waals surface area contributed by atoms with Crippen molar-refractivity contribution in [3.8, 4) is 0 Å². The van der Waals surface area contributed by atoms with Gasteiger partial charge in [-0.3, -0.25) is 9.59 Å². The third kappa shape index (κ3) is 6.05. The predicted octanol–water partition coefficient (Wildman–Crippen LogP) is 4.11. The molecule has 3 rings (SSSR count). The van der Waals surface area contributed by atoms with Gasteiger partial charge < -0.3 is 15.0 Å². The van der Waals surface area contributed by atoms with Gasteiger partial charge in [0.2, 0.25) is 12.1 Å². The summed E-state index contributed by atoms with van der Waals surface area (Å²) in [6.45, 7) is 6.31. The lowest BCUT2D eigenvalue weighted by atomic mass is 9.99. The molecule has 6 nitrogen and oxygen atoms in total. The number of hydrogen-bond donors (Lipinski definition) is 1. The summed E-state index contributed by atoms with van der Waals surface area (Å²) < 4.78 is 18.6. The molecule has 0 fully saturated rings. The largest absolute Gasteiger partial charge is 0.381 e. The molecule has 0 aromatic heterocycles. The van der Waals surface area contributed by atoms with Gasteiger partial charge in [0.05, 0.1) is 23.9 Å². The second-order valence-corrected chi connectivity index (χ2v) is 8.79. The molecule has 33 heavy (non-hydrogen) atoms. The molecule has 2 aromatic rings. The topological polar surface area (TPSA) is 71.0 Å². The highest BCUT2D eigenvalue weighted by Gasteiger charge is 2.31. The lowest BCUT2D eigenvalue weighted by Crippen LogP contribution is -2.48. The number of likely N-dealkylation sites (N-methyl/N-ethyl adjacent to an activating group) is 1. The molecule has 1 aliphatic rings. The Kier molecular flexibility index (Phi) is 8.33. The monoisotopic (exact) mass is 453 g/mol. The maximum Gasteiger partial charge on any atom is 0.272 e. The number of alkyl halides is 1. The minimum Gasteiger partial charge on any atom is -0.381 e. The second kappa shape index (κ2) is 11.2. The van der Waals surface area contributed by atoms with E-state index in [4.69, 9.17) is 4.74 Å². The summed E-state index contributed by atoms with van der Waals surface area (Å²) in [7, 11) is 1.67. The SMILES string of the molecule is CC(C)CCOC[C@@H](C)C(=O)N[C@H]1N=C(c2ccc(CF)cc2)c2ccccc2N(C)C1=O. The normalized spacial score (nSPS) is 16.8. The van der Waals surface area contributed by atoms with Crippen molar-refractivity contribution in [2.75, 3.05) is 25.2 Å². The molecule has 0 bridgehead atoms. The van der Waals surface area contributed by atoms with Crippen molar-refractivity contribution in [1.29, 1.82) is 0 Å². The van der Waals surface area contributed by atoms with E-state index < -0.39 is 18.8 Å². The number of benzene rings is 2. The molecule has 1 heterocycles. The van der Waals surface area contributed by atoms with E-state index in [1.165, 1.54) is 4.90 Å². The van der Waals surface area contributed by atoms with Crippen LogP contribution in [0, 0.1) is 11.8 Å². The molecule has 0 saturated carbocycles. The van der Waals surface area contributed by atoms with Crippen LogP contribution in [0.2, 0.25) is 0 Å². The number of nitrogens with zero attached hydrogens (tertiary/aromatic N) is 2. The van der Waals surface area contributed by atoms with Gasteiger partial charge in [0.25, 0.3) is 5.91 Å². The fraction of sp³-hybridized carbons (Fsp3) is 0.423. The Hall–Kier alpha value is -3.06. The minimum absolute atomic E-state index is 0.275. The van der Waals surface area contributed by atoms with Gasteiger partial charge in [-0.2, -0.15) is 0 Å². The Morgan fingerprint density at radius 3 is 2.52 bits per heavy atom. The van der Waals surface area contributed by atoms with Gasteiger partial charge in [-0.1, -0.05) is 63.2 Å². The number of rotatable bonds is 9. The molecule has 7 heteroatoms. The molecular formula is C26H32FN3O3. The van der Waals surface area contributed by atoms with Crippen LogP contribution in [0.25, 0.3) is 0 Å². The Morgan fingerprint density at radius 1 is 1.15 bits per heavy atom. The lowest BCUT2D eigenvalue weighted by Gasteiger charge is -2.22. The number of carbonyl (C=O) groups is 2. The Labute approximate surface area is 194 Å². The van der Waals surface area contributed by atoms with Crippen LogP contribution >= 0.6 is 0 Å². The highest BCUT2D eigenvalue weighted by molar-refractivity contribution is 6.20. The average molecular weight is 454 g/mol. The van der Waals surface area contributed by atoms with Crippen LogP contribution in [-0.2, 0) is 21.0 Å². The first-order valence-corrected chi connectivity index (χ1v) is 11.3. The number of ether oxygens (including phenoxy) is 1. The van der Waals surface area contributed by atoms with Crippen molar-refractivity contribution >= 4 is 23.2 Å². The van der Waals surface area contributed by atoms with E-state index in [9.17, 15) is 14.0 Å². The number of benzodiazepines with no additional fused rings is 1. The number of para-hydroxylation sites is 1. The molecule has 0 spiro atoms. The number of carbonyl (C=O) groups excluding carboxylic acids is 2. The fourth-order valence-corrected chi connectivity index (χ4v) is 3.53. The van der Waals surface area contributed by atoms with Gasteiger partial charge in [0, 0.05) is 24.8 Å². The average Bonchev–Trinajstić information content (AvgIpc) is 2.92. The van der Waals surface area contributed by atoms with Crippen LogP contribution in [0.15, 0.2) is 53.5 Å². The van der Waals surface area contributed by atoms with Gasteiger partial charge in [0.15, 0.2) is 0 Å². The third-order valence-corrected chi connectivity index (χ3v) is 5.66. The van der Waals surface area contributed by atoms with Crippen molar-refractivity contribution in [2.45, 2.75) is 40.0 Å². The van der Waals surface area contributed by atoms with Crippen LogP contribution in [-0.4, -0.2) is 44.0 Å². The molecule has 2 amide bonds. The molecule has 0 unspecified atom stereocenters. The van der Waals surface area contributed by atoms with Crippen molar-refractivity contribution in [2.24, 2.45) is 16.8 Å². The summed E-state index contributed by atoms with van der Waals surface area (Å²) in [5.41, 5.74) is 3.33. The first-order valence-electron chi connectivity index (χ1n) is 11.3. The smallest absolute Gasteiger partial charge is 0.272 e. The summed E-state index contributed by atoms with van der Waals surface area (Å²) in [4.78, 5) is 32.2. The summed E-state index contributed by atoms with van der Waals surface area (Å²) >= 11 is 0. The van der Waals surface area contributed by atoms with Crippen molar-refractivity contribution in [3.63, 3.8) is 0 Å². The molecule has 0 radical (unpaired) electrons. The quantitative estimate of drug-likeness (QED) is 0.581. The number of anilines is 1. The first kappa shape index (κ1) is 24.6. The number of fused-ring (bicyclic) bond motifs is 1. The van der Waals surface area contributed by atoms with E-state index in [-0.39, 0.29) is 18.4 Å².